The van der Waals surface area contributed by atoms with Crippen LogP contribution < -0.4 is 0 Å². The molecule has 1 atom stereocenters. The van der Waals surface area contributed by atoms with E-state index in [4.69, 9.17) is 5.11 Å². The van der Waals surface area contributed by atoms with Crippen molar-refractivity contribution in [3.8, 4) is 0 Å². The summed E-state index contributed by atoms with van der Waals surface area (Å²) in [4.78, 5) is 29.3. The number of nitro groups is 2. The molecule has 12 heteroatoms. The van der Waals surface area contributed by atoms with E-state index in [1.54, 1.807) is 0 Å². The number of hydrogen-bond acceptors (Lipinski definition) is 6. The van der Waals surface area contributed by atoms with E-state index in [1.165, 1.54) is 0 Å². The smallest absolute Gasteiger partial charge is 0.416 e. The molecular weight excluding hydrogens is 333 g/mol. The zero-order chi connectivity index (χ0) is 17.2. The fraction of sp³-hybridized carbons (Fsp3) is 0.300. The van der Waals surface area contributed by atoms with Gasteiger partial charge < -0.3 is 5.11 Å². The van der Waals surface area contributed by atoms with Crippen LogP contribution in [0.15, 0.2) is 17.0 Å². The second-order valence-corrected chi connectivity index (χ2v) is 5.30. The van der Waals surface area contributed by atoms with E-state index in [0.717, 1.165) is 6.92 Å². The maximum atomic E-state index is 12.7. The number of alkyl halides is 3. The topological polar surface area (TPSA) is 124 Å². The molecule has 0 spiro atoms. The van der Waals surface area contributed by atoms with E-state index in [2.05, 4.69) is 0 Å². The second kappa shape index (κ2) is 6.17. The Balaban J connectivity index is 3.61. The number of nitro benzene ring substituents is 2. The minimum atomic E-state index is -5.02. The van der Waals surface area contributed by atoms with Gasteiger partial charge in [-0.15, -0.1) is 0 Å². The van der Waals surface area contributed by atoms with Crippen LogP contribution in [0, 0.1) is 20.2 Å². The van der Waals surface area contributed by atoms with Gasteiger partial charge >= 0.3 is 12.1 Å². The predicted molar refractivity (Wildman–Crippen MR) is 67.7 cm³/mol. The van der Waals surface area contributed by atoms with Gasteiger partial charge in [-0.25, -0.2) is 0 Å². The van der Waals surface area contributed by atoms with Crippen LogP contribution >= 0.6 is 11.8 Å². The molecule has 0 saturated heterocycles. The summed E-state index contributed by atoms with van der Waals surface area (Å²) in [5.74, 6) is -1.42. The summed E-state index contributed by atoms with van der Waals surface area (Å²) in [5, 5.41) is 29.2. The summed E-state index contributed by atoms with van der Waals surface area (Å²) in [6, 6.07) is 0.286. The third-order valence-corrected chi connectivity index (χ3v) is 3.62. The Bertz CT molecular complexity index is 613. The average Bonchev–Trinajstić information content (AvgIpc) is 2.36. The summed E-state index contributed by atoms with van der Waals surface area (Å²) in [7, 11) is 0. The number of carbonyl (C=O) groups is 1. The average molecular weight is 340 g/mol. The molecule has 0 fully saturated rings. The first kappa shape index (κ1) is 17.7. The highest BCUT2D eigenvalue weighted by Crippen LogP contribution is 2.43. The molecule has 8 nitrogen and oxygen atoms in total. The first-order valence-electron chi connectivity index (χ1n) is 5.38. The molecule has 0 bridgehead atoms. The lowest BCUT2D eigenvalue weighted by Gasteiger charge is -2.11. The molecule has 0 heterocycles. The summed E-state index contributed by atoms with van der Waals surface area (Å²) < 4.78 is 38.0. The van der Waals surface area contributed by atoms with Crippen molar-refractivity contribution in [1.82, 2.24) is 0 Å². The van der Waals surface area contributed by atoms with Crippen LogP contribution in [0.5, 0.6) is 0 Å². The highest BCUT2D eigenvalue weighted by atomic mass is 32.2. The molecule has 0 saturated carbocycles. The van der Waals surface area contributed by atoms with Crippen molar-refractivity contribution in [3.05, 3.63) is 37.9 Å². The molecule has 0 aliphatic heterocycles. The van der Waals surface area contributed by atoms with Crippen LogP contribution in [0.25, 0.3) is 0 Å². The van der Waals surface area contributed by atoms with Crippen molar-refractivity contribution in [2.75, 3.05) is 0 Å². The third-order valence-electron chi connectivity index (χ3n) is 2.41. The van der Waals surface area contributed by atoms with Crippen LogP contribution in [0.4, 0.5) is 24.5 Å². The van der Waals surface area contributed by atoms with Crippen molar-refractivity contribution in [2.45, 2.75) is 23.2 Å². The zero-order valence-corrected chi connectivity index (χ0v) is 11.5. The molecule has 1 aromatic carbocycles. The van der Waals surface area contributed by atoms with E-state index in [9.17, 15) is 38.2 Å². The number of carboxylic acid groups (broad SMARTS) is 1. The Morgan fingerprint density at radius 2 is 1.64 bits per heavy atom. The number of thioether (sulfide) groups is 1. The van der Waals surface area contributed by atoms with Crippen LogP contribution in [0.2, 0.25) is 0 Å². The van der Waals surface area contributed by atoms with E-state index < -0.39 is 49.1 Å². The molecule has 0 aromatic heterocycles. The van der Waals surface area contributed by atoms with Gasteiger partial charge in [-0.1, -0.05) is 11.8 Å². The van der Waals surface area contributed by atoms with Gasteiger partial charge in [0.25, 0.3) is 11.4 Å². The Morgan fingerprint density at radius 3 is 1.91 bits per heavy atom. The molecule has 1 aromatic rings. The molecule has 1 N–H and O–H groups in total. The standard InChI is InChI=1S/C10H7F3N2O6S/c1-4(9(16)17)22-8-6(14(18)19)2-5(10(11,12)13)3-7(8)15(20)21/h2-4H,1H3,(H,16,17). The fourth-order valence-corrected chi connectivity index (χ4v) is 2.34. The molecule has 0 amide bonds. The highest BCUT2D eigenvalue weighted by molar-refractivity contribution is 8.00. The van der Waals surface area contributed by atoms with Gasteiger partial charge in [0.2, 0.25) is 0 Å². The number of carboxylic acids is 1. The van der Waals surface area contributed by atoms with Gasteiger partial charge in [0.15, 0.2) is 4.90 Å². The molecule has 0 aliphatic carbocycles. The van der Waals surface area contributed by atoms with E-state index >= 15 is 0 Å². The molecule has 22 heavy (non-hydrogen) atoms. The molecule has 1 unspecified atom stereocenters. The molecular formula is C10H7F3N2O6S. The summed E-state index contributed by atoms with van der Waals surface area (Å²) >= 11 is 0.231. The first-order valence-corrected chi connectivity index (χ1v) is 6.26. The lowest BCUT2D eigenvalue weighted by Crippen LogP contribution is -2.13. The van der Waals surface area contributed by atoms with Crippen molar-refractivity contribution in [2.24, 2.45) is 0 Å². The van der Waals surface area contributed by atoms with Gasteiger partial charge in [0.05, 0.1) is 15.4 Å². The minimum absolute atomic E-state index is 0.143. The molecule has 1 rings (SSSR count). The normalized spacial score (nSPS) is 12.7. The number of hydrogen-bond donors (Lipinski definition) is 1. The number of benzene rings is 1. The van der Waals surface area contributed by atoms with Gasteiger partial charge in [0.1, 0.15) is 5.25 Å². The minimum Gasteiger partial charge on any atom is -0.480 e. The number of aliphatic carboxylic acids is 1. The van der Waals surface area contributed by atoms with Gasteiger partial charge in [-0.05, 0) is 6.92 Å². The Morgan fingerprint density at radius 1 is 1.23 bits per heavy atom. The summed E-state index contributed by atoms with van der Waals surface area (Å²) in [6.07, 6.45) is -5.02. The third kappa shape index (κ3) is 3.84. The van der Waals surface area contributed by atoms with E-state index in [-0.39, 0.29) is 23.9 Å². The van der Waals surface area contributed by atoms with Crippen LogP contribution in [0.3, 0.4) is 0 Å². The fourth-order valence-electron chi connectivity index (χ4n) is 1.38. The van der Waals surface area contributed by atoms with E-state index in [1.807, 2.05) is 0 Å². The van der Waals surface area contributed by atoms with Crippen molar-refractivity contribution in [1.29, 1.82) is 0 Å². The van der Waals surface area contributed by atoms with Crippen molar-refractivity contribution in [3.63, 3.8) is 0 Å². The molecule has 0 aliphatic rings. The van der Waals surface area contributed by atoms with Crippen molar-refractivity contribution >= 4 is 29.1 Å². The Hall–Kier alpha value is -2.37. The van der Waals surface area contributed by atoms with Gasteiger partial charge in [-0.2, -0.15) is 13.2 Å². The Labute approximate surface area is 124 Å². The lowest BCUT2D eigenvalue weighted by molar-refractivity contribution is -0.400. The van der Waals surface area contributed by atoms with Gasteiger partial charge in [0, 0.05) is 12.1 Å². The quantitative estimate of drug-likeness (QED) is 0.496. The molecule has 0 radical (unpaired) electrons. The van der Waals surface area contributed by atoms with E-state index in [0.29, 0.717) is 0 Å². The second-order valence-electron chi connectivity index (χ2n) is 3.95. The highest BCUT2D eigenvalue weighted by Gasteiger charge is 2.38. The van der Waals surface area contributed by atoms with Crippen LogP contribution in [-0.2, 0) is 11.0 Å². The summed E-state index contributed by atoms with van der Waals surface area (Å²) in [5.41, 5.74) is -3.89. The first-order chi connectivity index (χ1) is 9.95. The number of rotatable bonds is 5. The maximum Gasteiger partial charge on any atom is 0.416 e. The van der Waals surface area contributed by atoms with Gasteiger partial charge in [-0.3, -0.25) is 25.0 Å². The van der Waals surface area contributed by atoms with Crippen LogP contribution in [-0.4, -0.2) is 26.2 Å². The number of halogens is 3. The van der Waals surface area contributed by atoms with Crippen LogP contribution in [0.1, 0.15) is 12.5 Å². The largest absolute Gasteiger partial charge is 0.480 e. The van der Waals surface area contributed by atoms with Crippen molar-refractivity contribution < 1.29 is 32.9 Å². The monoisotopic (exact) mass is 340 g/mol. The summed E-state index contributed by atoms with van der Waals surface area (Å²) in [6.45, 7) is 1.10. The zero-order valence-electron chi connectivity index (χ0n) is 10.7. The SMILES string of the molecule is CC(Sc1c([N+](=O)[O-])cc(C(F)(F)F)cc1[N+](=O)[O-])C(=O)O. The lowest BCUT2D eigenvalue weighted by atomic mass is 10.1. The maximum absolute atomic E-state index is 12.7. The Kier molecular flexibility index (Phi) is 4.96. The number of nitrogens with zero attached hydrogens (tertiary/aromatic N) is 2. The molecule has 120 valence electrons. The predicted octanol–water partition coefficient (Wildman–Crippen LogP) is 3.09.